The predicted octanol–water partition coefficient (Wildman–Crippen LogP) is 1.44. The molecule has 0 fully saturated rings. The van der Waals surface area contributed by atoms with Crippen LogP contribution < -0.4 is 20.1 Å². The van der Waals surface area contributed by atoms with E-state index in [0.717, 1.165) is 11.3 Å². The number of carbonyl (C=O) groups is 1. The highest BCUT2D eigenvalue weighted by Gasteiger charge is 2.13. The van der Waals surface area contributed by atoms with Gasteiger partial charge >= 0.3 is 0 Å². The number of hydrogen-bond donors (Lipinski definition) is 2. The minimum Gasteiger partial charge on any atom is -0.454 e. The Hall–Kier alpha value is -2.68. The molecule has 6 heteroatoms. The molecule has 0 saturated carbocycles. The summed E-state index contributed by atoms with van der Waals surface area (Å²) < 4.78 is 10.5. The second-order valence-electron chi connectivity index (χ2n) is 4.87. The highest BCUT2D eigenvalue weighted by Crippen LogP contribution is 2.32. The van der Waals surface area contributed by atoms with Crippen molar-refractivity contribution < 1.29 is 14.3 Å². The number of rotatable bonds is 5. The molecule has 1 amide bonds. The fourth-order valence-corrected chi connectivity index (χ4v) is 1.81. The van der Waals surface area contributed by atoms with Crippen LogP contribution in [0.2, 0.25) is 0 Å². The molecule has 21 heavy (non-hydrogen) atoms. The Morgan fingerprint density at radius 2 is 2.19 bits per heavy atom. The Labute approximate surface area is 123 Å². The molecule has 1 aliphatic rings. The summed E-state index contributed by atoms with van der Waals surface area (Å²) in [6.07, 6.45) is 1.42. The van der Waals surface area contributed by atoms with Crippen molar-refractivity contribution in [2.45, 2.75) is 26.4 Å². The van der Waals surface area contributed by atoms with Gasteiger partial charge in [-0.2, -0.15) is 5.26 Å². The average Bonchev–Trinajstić information content (AvgIpc) is 2.90. The van der Waals surface area contributed by atoms with Gasteiger partial charge in [0, 0.05) is 18.8 Å². The predicted molar refractivity (Wildman–Crippen MR) is 76.4 cm³/mol. The number of nitrogens with zero attached hydrogens (tertiary/aromatic N) is 1. The second-order valence-corrected chi connectivity index (χ2v) is 4.87. The molecular weight excluding hydrogens is 270 g/mol. The van der Waals surface area contributed by atoms with Gasteiger partial charge in [-0.1, -0.05) is 6.07 Å². The van der Waals surface area contributed by atoms with E-state index in [1.807, 2.05) is 38.1 Å². The maximum atomic E-state index is 11.7. The maximum absolute atomic E-state index is 11.7. The lowest BCUT2D eigenvalue weighted by Crippen LogP contribution is -2.31. The summed E-state index contributed by atoms with van der Waals surface area (Å²) in [5, 5.41) is 14.6. The van der Waals surface area contributed by atoms with Crippen LogP contribution in [0.1, 0.15) is 19.4 Å². The van der Waals surface area contributed by atoms with Gasteiger partial charge in [0.25, 0.3) is 5.91 Å². The third kappa shape index (κ3) is 3.89. The minimum atomic E-state index is -0.384. The molecule has 2 rings (SSSR count). The molecule has 1 aromatic rings. The zero-order chi connectivity index (χ0) is 15.2. The standard InChI is InChI=1S/C15H17N3O3/c1-10(2)18-15(19)12(6-16)8-17-7-11-3-4-13-14(5-11)21-9-20-13/h3-5,8,10,17H,7,9H2,1-2H3,(H,18,19)/b12-8-. The molecule has 1 aliphatic heterocycles. The highest BCUT2D eigenvalue weighted by molar-refractivity contribution is 5.97. The number of carbonyl (C=O) groups excluding carboxylic acids is 1. The van der Waals surface area contributed by atoms with Crippen LogP contribution in [0.4, 0.5) is 0 Å². The van der Waals surface area contributed by atoms with E-state index in [4.69, 9.17) is 14.7 Å². The largest absolute Gasteiger partial charge is 0.454 e. The van der Waals surface area contributed by atoms with E-state index < -0.39 is 0 Å². The normalized spacial score (nSPS) is 13.0. The van der Waals surface area contributed by atoms with Crippen LogP contribution in [-0.2, 0) is 11.3 Å². The maximum Gasteiger partial charge on any atom is 0.263 e. The number of fused-ring (bicyclic) bond motifs is 1. The molecule has 6 nitrogen and oxygen atoms in total. The Kier molecular flexibility index (Phi) is 4.67. The van der Waals surface area contributed by atoms with Crippen molar-refractivity contribution in [3.8, 4) is 17.6 Å². The SMILES string of the molecule is CC(C)NC(=O)/C(C#N)=C\NCc1ccc2c(c1)OCO2. The van der Waals surface area contributed by atoms with Crippen LogP contribution in [0.25, 0.3) is 0 Å². The first-order chi connectivity index (χ1) is 10.1. The molecule has 1 aromatic carbocycles. The third-order valence-electron chi connectivity index (χ3n) is 2.77. The molecule has 1 heterocycles. The van der Waals surface area contributed by atoms with Gasteiger partial charge in [0.05, 0.1) is 0 Å². The number of amides is 1. The summed E-state index contributed by atoms with van der Waals surface area (Å²) in [6.45, 7) is 4.40. The molecular formula is C15H17N3O3. The van der Waals surface area contributed by atoms with E-state index in [2.05, 4.69) is 10.6 Å². The monoisotopic (exact) mass is 287 g/mol. The fraction of sp³-hybridized carbons (Fsp3) is 0.333. The quantitative estimate of drug-likeness (QED) is 0.632. The van der Waals surface area contributed by atoms with Crippen LogP contribution in [0.15, 0.2) is 30.0 Å². The van der Waals surface area contributed by atoms with Crippen LogP contribution in [0.3, 0.4) is 0 Å². The van der Waals surface area contributed by atoms with Crippen molar-refractivity contribution in [2.75, 3.05) is 6.79 Å². The van der Waals surface area contributed by atoms with E-state index in [1.165, 1.54) is 6.20 Å². The van der Waals surface area contributed by atoms with Gasteiger partial charge in [0.15, 0.2) is 11.5 Å². The molecule has 110 valence electrons. The highest BCUT2D eigenvalue weighted by atomic mass is 16.7. The summed E-state index contributed by atoms with van der Waals surface area (Å²) in [5.74, 6) is 1.05. The minimum absolute atomic E-state index is 0.0110. The van der Waals surface area contributed by atoms with Gasteiger partial charge in [0.1, 0.15) is 11.6 Å². The van der Waals surface area contributed by atoms with Crippen molar-refractivity contribution in [3.63, 3.8) is 0 Å². The van der Waals surface area contributed by atoms with Crippen molar-refractivity contribution in [3.05, 3.63) is 35.5 Å². The summed E-state index contributed by atoms with van der Waals surface area (Å²) in [7, 11) is 0. The van der Waals surface area contributed by atoms with Crippen LogP contribution >= 0.6 is 0 Å². The molecule has 2 N–H and O–H groups in total. The molecule has 0 unspecified atom stereocenters. The topological polar surface area (TPSA) is 83.4 Å². The lowest BCUT2D eigenvalue weighted by molar-refractivity contribution is -0.117. The number of nitrogens with one attached hydrogen (secondary N) is 2. The number of benzene rings is 1. The molecule has 0 aromatic heterocycles. The molecule has 0 bridgehead atoms. The smallest absolute Gasteiger partial charge is 0.263 e. The molecule has 0 radical (unpaired) electrons. The lowest BCUT2D eigenvalue weighted by atomic mass is 10.2. The van der Waals surface area contributed by atoms with Crippen molar-refractivity contribution >= 4 is 5.91 Å². The summed E-state index contributed by atoms with van der Waals surface area (Å²) >= 11 is 0. The van der Waals surface area contributed by atoms with Crippen LogP contribution in [0, 0.1) is 11.3 Å². The van der Waals surface area contributed by atoms with Crippen molar-refractivity contribution in [1.82, 2.24) is 10.6 Å². The Morgan fingerprint density at radius 3 is 2.90 bits per heavy atom. The lowest BCUT2D eigenvalue weighted by Gasteiger charge is -2.07. The molecule has 0 spiro atoms. The average molecular weight is 287 g/mol. The zero-order valence-electron chi connectivity index (χ0n) is 12.0. The van der Waals surface area contributed by atoms with Gasteiger partial charge in [0.2, 0.25) is 6.79 Å². The van der Waals surface area contributed by atoms with Gasteiger partial charge in [-0.15, -0.1) is 0 Å². The van der Waals surface area contributed by atoms with E-state index >= 15 is 0 Å². The van der Waals surface area contributed by atoms with Crippen molar-refractivity contribution in [2.24, 2.45) is 0 Å². The van der Waals surface area contributed by atoms with Crippen molar-refractivity contribution in [1.29, 1.82) is 5.26 Å². The molecule has 0 atom stereocenters. The molecule has 0 saturated heterocycles. The first-order valence-corrected chi connectivity index (χ1v) is 6.63. The summed E-state index contributed by atoms with van der Waals surface area (Å²) in [5.41, 5.74) is 1.02. The zero-order valence-corrected chi connectivity index (χ0v) is 12.0. The molecule has 0 aliphatic carbocycles. The second kappa shape index (κ2) is 6.66. The Bertz CT molecular complexity index is 603. The van der Waals surface area contributed by atoms with Gasteiger partial charge in [-0.05, 0) is 31.5 Å². The summed E-state index contributed by atoms with van der Waals surface area (Å²) in [6, 6.07) is 7.46. The van der Waals surface area contributed by atoms with Gasteiger partial charge in [-0.25, -0.2) is 0 Å². The van der Waals surface area contributed by atoms with Crippen LogP contribution in [0.5, 0.6) is 11.5 Å². The van der Waals surface area contributed by atoms with E-state index in [9.17, 15) is 4.79 Å². The van der Waals surface area contributed by atoms with Crippen LogP contribution in [-0.4, -0.2) is 18.7 Å². The van der Waals surface area contributed by atoms with Gasteiger partial charge < -0.3 is 20.1 Å². The van der Waals surface area contributed by atoms with E-state index in [-0.39, 0.29) is 24.3 Å². The number of ether oxygens (including phenoxy) is 2. The van der Waals surface area contributed by atoms with Gasteiger partial charge in [-0.3, -0.25) is 4.79 Å². The third-order valence-corrected chi connectivity index (χ3v) is 2.77. The van der Waals surface area contributed by atoms with E-state index in [1.54, 1.807) is 0 Å². The Balaban J connectivity index is 1.94. The fourth-order valence-electron chi connectivity index (χ4n) is 1.81. The van der Waals surface area contributed by atoms with E-state index in [0.29, 0.717) is 12.3 Å². The number of hydrogen-bond acceptors (Lipinski definition) is 5. The first-order valence-electron chi connectivity index (χ1n) is 6.63. The Morgan fingerprint density at radius 1 is 1.43 bits per heavy atom. The summed E-state index contributed by atoms with van der Waals surface area (Å²) in [4.78, 5) is 11.7. The number of nitriles is 1. The first kappa shape index (κ1) is 14.7.